The maximum atomic E-state index is 12.4. The Morgan fingerprint density at radius 3 is 2.44 bits per heavy atom. The van der Waals surface area contributed by atoms with Crippen LogP contribution in [0.1, 0.15) is 11.3 Å². The standard InChI is InChI=1S/C10H10F3N5/c1-14-4-7-5-15-9(16-6-7)18-3-2-8(17-18)10(11,12)13/h2-3,5-6,14H,4H2,1H3. The molecule has 0 spiro atoms. The number of aromatic nitrogens is 4. The number of hydrogen-bond acceptors (Lipinski definition) is 4. The number of nitrogens with zero attached hydrogens (tertiary/aromatic N) is 4. The molecule has 0 saturated heterocycles. The third-order valence-corrected chi connectivity index (χ3v) is 2.16. The van der Waals surface area contributed by atoms with Crippen molar-refractivity contribution in [2.75, 3.05) is 7.05 Å². The second-order valence-electron chi connectivity index (χ2n) is 3.56. The van der Waals surface area contributed by atoms with Crippen LogP contribution in [0.5, 0.6) is 0 Å². The first-order chi connectivity index (χ1) is 8.50. The lowest BCUT2D eigenvalue weighted by molar-refractivity contribution is -0.141. The molecule has 0 aromatic carbocycles. The minimum atomic E-state index is -4.46. The van der Waals surface area contributed by atoms with Gasteiger partial charge in [0.1, 0.15) is 0 Å². The summed E-state index contributed by atoms with van der Waals surface area (Å²) in [5, 5.41) is 6.29. The van der Waals surface area contributed by atoms with Gasteiger partial charge in [0, 0.05) is 30.7 Å². The first-order valence-corrected chi connectivity index (χ1v) is 5.09. The summed E-state index contributed by atoms with van der Waals surface area (Å²) in [5.74, 6) is 0.102. The SMILES string of the molecule is CNCc1cnc(-n2ccc(C(F)(F)F)n2)nc1. The molecule has 2 rings (SSSR count). The van der Waals surface area contributed by atoms with Crippen LogP contribution < -0.4 is 5.32 Å². The minimum Gasteiger partial charge on any atom is -0.316 e. The Morgan fingerprint density at radius 2 is 1.94 bits per heavy atom. The van der Waals surface area contributed by atoms with Crippen molar-refractivity contribution in [3.8, 4) is 5.95 Å². The van der Waals surface area contributed by atoms with E-state index in [-0.39, 0.29) is 5.95 Å². The Kier molecular flexibility index (Phi) is 3.28. The summed E-state index contributed by atoms with van der Waals surface area (Å²) >= 11 is 0. The molecule has 0 saturated carbocycles. The fourth-order valence-electron chi connectivity index (χ4n) is 1.35. The summed E-state index contributed by atoms with van der Waals surface area (Å²) in [6.07, 6.45) is -0.214. The summed E-state index contributed by atoms with van der Waals surface area (Å²) < 4.78 is 38.1. The Bertz CT molecular complexity index is 517. The molecule has 0 bridgehead atoms. The van der Waals surface area contributed by atoms with E-state index in [1.165, 1.54) is 18.6 Å². The van der Waals surface area contributed by atoms with Crippen LogP contribution in [0.2, 0.25) is 0 Å². The zero-order chi connectivity index (χ0) is 13.2. The molecule has 0 aliphatic rings. The predicted molar refractivity (Wildman–Crippen MR) is 56.9 cm³/mol. The molecule has 2 aromatic heterocycles. The number of rotatable bonds is 3. The van der Waals surface area contributed by atoms with Crippen molar-refractivity contribution >= 4 is 0 Å². The number of halogens is 3. The highest BCUT2D eigenvalue weighted by atomic mass is 19.4. The third kappa shape index (κ3) is 2.65. The molecule has 18 heavy (non-hydrogen) atoms. The van der Waals surface area contributed by atoms with Crippen LogP contribution in [0.4, 0.5) is 13.2 Å². The van der Waals surface area contributed by atoms with E-state index < -0.39 is 11.9 Å². The maximum absolute atomic E-state index is 12.4. The molecule has 5 nitrogen and oxygen atoms in total. The predicted octanol–water partition coefficient (Wildman–Crippen LogP) is 1.40. The van der Waals surface area contributed by atoms with Crippen molar-refractivity contribution in [3.05, 3.63) is 35.9 Å². The van der Waals surface area contributed by atoms with Gasteiger partial charge in [0.05, 0.1) is 0 Å². The highest BCUT2D eigenvalue weighted by molar-refractivity contribution is 5.16. The van der Waals surface area contributed by atoms with Gasteiger partial charge < -0.3 is 5.32 Å². The Labute approximate surface area is 101 Å². The van der Waals surface area contributed by atoms with Crippen molar-refractivity contribution in [1.82, 2.24) is 25.1 Å². The lowest BCUT2D eigenvalue weighted by atomic mass is 10.3. The van der Waals surface area contributed by atoms with Crippen LogP contribution in [-0.2, 0) is 12.7 Å². The van der Waals surface area contributed by atoms with Crippen LogP contribution in [0.25, 0.3) is 5.95 Å². The molecule has 96 valence electrons. The molecule has 0 radical (unpaired) electrons. The van der Waals surface area contributed by atoms with E-state index in [1.807, 2.05) is 0 Å². The molecule has 0 aliphatic heterocycles. The molecule has 0 amide bonds. The van der Waals surface area contributed by atoms with Crippen molar-refractivity contribution in [1.29, 1.82) is 0 Å². The van der Waals surface area contributed by atoms with Gasteiger partial charge in [-0.2, -0.15) is 18.3 Å². The first-order valence-electron chi connectivity index (χ1n) is 5.09. The summed E-state index contributed by atoms with van der Waals surface area (Å²) in [5.41, 5.74) is -0.130. The highest BCUT2D eigenvalue weighted by Crippen LogP contribution is 2.27. The summed E-state index contributed by atoms with van der Waals surface area (Å²) in [6, 6.07) is 0.880. The average Bonchev–Trinajstić information content (AvgIpc) is 2.79. The van der Waals surface area contributed by atoms with Crippen molar-refractivity contribution in [2.24, 2.45) is 0 Å². The van der Waals surface area contributed by atoms with Gasteiger partial charge in [-0.05, 0) is 13.1 Å². The lowest BCUT2D eigenvalue weighted by Crippen LogP contribution is -2.10. The summed E-state index contributed by atoms with van der Waals surface area (Å²) in [4.78, 5) is 7.89. The quantitative estimate of drug-likeness (QED) is 0.903. The minimum absolute atomic E-state index is 0.102. The van der Waals surface area contributed by atoms with Gasteiger partial charge in [-0.15, -0.1) is 0 Å². The van der Waals surface area contributed by atoms with E-state index in [0.29, 0.717) is 6.54 Å². The van der Waals surface area contributed by atoms with Gasteiger partial charge in [-0.1, -0.05) is 0 Å². The van der Waals surface area contributed by atoms with Crippen molar-refractivity contribution < 1.29 is 13.2 Å². The van der Waals surface area contributed by atoms with E-state index in [9.17, 15) is 13.2 Å². The molecule has 8 heteroatoms. The Hall–Kier alpha value is -1.96. The van der Waals surface area contributed by atoms with Crippen LogP contribution in [0.15, 0.2) is 24.7 Å². The Balaban J connectivity index is 2.23. The lowest BCUT2D eigenvalue weighted by Gasteiger charge is -2.03. The second kappa shape index (κ2) is 4.73. The zero-order valence-electron chi connectivity index (χ0n) is 9.44. The summed E-state index contributed by atoms with van der Waals surface area (Å²) in [7, 11) is 1.77. The van der Waals surface area contributed by atoms with E-state index >= 15 is 0 Å². The van der Waals surface area contributed by atoms with Crippen LogP contribution >= 0.6 is 0 Å². The van der Waals surface area contributed by atoms with Gasteiger partial charge in [-0.3, -0.25) is 0 Å². The first kappa shape index (κ1) is 12.5. The normalized spacial score (nSPS) is 11.8. The van der Waals surface area contributed by atoms with Gasteiger partial charge in [0.2, 0.25) is 5.95 Å². The van der Waals surface area contributed by atoms with E-state index in [1.54, 1.807) is 7.05 Å². The van der Waals surface area contributed by atoms with Gasteiger partial charge in [0.25, 0.3) is 0 Å². The van der Waals surface area contributed by atoms with E-state index in [4.69, 9.17) is 0 Å². The molecule has 0 aliphatic carbocycles. The number of nitrogens with one attached hydrogen (secondary N) is 1. The van der Waals surface area contributed by atoms with Crippen molar-refractivity contribution in [3.63, 3.8) is 0 Å². The monoisotopic (exact) mass is 257 g/mol. The maximum Gasteiger partial charge on any atom is 0.435 e. The zero-order valence-corrected chi connectivity index (χ0v) is 9.44. The van der Waals surface area contributed by atoms with E-state index in [0.717, 1.165) is 16.3 Å². The largest absolute Gasteiger partial charge is 0.435 e. The molecular formula is C10H10F3N5. The average molecular weight is 257 g/mol. The fourth-order valence-corrected chi connectivity index (χ4v) is 1.35. The van der Waals surface area contributed by atoms with Gasteiger partial charge in [-0.25, -0.2) is 14.6 Å². The highest BCUT2D eigenvalue weighted by Gasteiger charge is 2.33. The van der Waals surface area contributed by atoms with Gasteiger partial charge >= 0.3 is 6.18 Å². The van der Waals surface area contributed by atoms with E-state index in [2.05, 4.69) is 20.4 Å². The molecule has 1 N–H and O–H groups in total. The molecular weight excluding hydrogens is 247 g/mol. The van der Waals surface area contributed by atoms with Crippen LogP contribution in [0, 0.1) is 0 Å². The van der Waals surface area contributed by atoms with Crippen molar-refractivity contribution in [2.45, 2.75) is 12.7 Å². The fraction of sp³-hybridized carbons (Fsp3) is 0.300. The van der Waals surface area contributed by atoms with Crippen LogP contribution in [0.3, 0.4) is 0 Å². The molecule has 2 heterocycles. The summed E-state index contributed by atoms with van der Waals surface area (Å²) in [6.45, 7) is 0.590. The third-order valence-electron chi connectivity index (χ3n) is 2.16. The topological polar surface area (TPSA) is 55.6 Å². The molecule has 0 fully saturated rings. The molecule has 0 atom stereocenters. The number of alkyl halides is 3. The second-order valence-corrected chi connectivity index (χ2v) is 3.56. The smallest absolute Gasteiger partial charge is 0.316 e. The Morgan fingerprint density at radius 1 is 1.28 bits per heavy atom. The van der Waals surface area contributed by atoms with Gasteiger partial charge in [0.15, 0.2) is 5.69 Å². The number of hydrogen-bond donors (Lipinski definition) is 1. The molecule has 0 unspecified atom stereocenters. The van der Waals surface area contributed by atoms with Crippen LogP contribution in [-0.4, -0.2) is 26.8 Å². The molecule has 2 aromatic rings.